The number of carbonyl (C=O) groups excluding carboxylic acids is 1. The average Bonchev–Trinajstić information content (AvgIpc) is 3.42. The van der Waals surface area contributed by atoms with E-state index in [-0.39, 0.29) is 23.3 Å². The molecule has 0 aromatic heterocycles. The lowest BCUT2D eigenvalue weighted by molar-refractivity contribution is -0.115. The number of rotatable bonds is 6. The topological polar surface area (TPSA) is 72.8 Å². The number of carbonyl (C=O) groups is 1. The van der Waals surface area contributed by atoms with Crippen LogP contribution in [0.5, 0.6) is 0 Å². The SMILES string of the molecule is O=C1CC=C(O)C2=C1NC(C(O)CN(Cc1ccccc1)C1Cc3ccccc3C1)S2. The molecule has 0 spiro atoms. The molecule has 1 aliphatic heterocycles. The Morgan fingerprint density at radius 1 is 1.06 bits per heavy atom. The van der Waals surface area contributed by atoms with E-state index in [0.717, 1.165) is 19.4 Å². The second-order valence-electron chi connectivity index (χ2n) is 8.42. The van der Waals surface area contributed by atoms with Crippen molar-refractivity contribution in [3.63, 3.8) is 0 Å². The van der Waals surface area contributed by atoms with Crippen molar-refractivity contribution in [1.82, 2.24) is 10.2 Å². The molecular weight excluding hydrogens is 408 g/mol. The quantitative estimate of drug-likeness (QED) is 0.648. The molecule has 0 saturated carbocycles. The number of ketones is 1. The van der Waals surface area contributed by atoms with Gasteiger partial charge in [-0.3, -0.25) is 9.69 Å². The number of hydrogen-bond acceptors (Lipinski definition) is 6. The number of benzene rings is 2. The molecule has 31 heavy (non-hydrogen) atoms. The van der Waals surface area contributed by atoms with Gasteiger partial charge in [0.15, 0.2) is 5.78 Å². The van der Waals surface area contributed by atoms with Crippen LogP contribution in [0, 0.1) is 0 Å². The first kappa shape index (κ1) is 20.4. The summed E-state index contributed by atoms with van der Waals surface area (Å²) in [6.07, 6.45) is 2.99. The molecule has 2 aliphatic carbocycles. The van der Waals surface area contributed by atoms with Crippen LogP contribution in [0.3, 0.4) is 0 Å². The van der Waals surface area contributed by atoms with Crippen LogP contribution in [-0.2, 0) is 24.2 Å². The van der Waals surface area contributed by atoms with E-state index in [1.807, 2.05) is 18.2 Å². The summed E-state index contributed by atoms with van der Waals surface area (Å²) in [5.74, 6) is 0.0940. The van der Waals surface area contributed by atoms with Crippen molar-refractivity contribution >= 4 is 17.5 Å². The van der Waals surface area contributed by atoms with E-state index >= 15 is 0 Å². The van der Waals surface area contributed by atoms with Crippen LogP contribution < -0.4 is 5.32 Å². The number of allylic oxidation sites excluding steroid dienone is 2. The van der Waals surface area contributed by atoms with E-state index in [4.69, 9.17) is 0 Å². The molecule has 5 rings (SSSR count). The van der Waals surface area contributed by atoms with E-state index in [0.29, 0.717) is 23.2 Å². The third-order valence-electron chi connectivity index (χ3n) is 6.30. The molecule has 5 nitrogen and oxygen atoms in total. The number of thioether (sulfide) groups is 1. The zero-order valence-electron chi connectivity index (χ0n) is 17.2. The van der Waals surface area contributed by atoms with Gasteiger partial charge in [-0.15, -0.1) is 0 Å². The Bertz CT molecular complexity index is 1020. The van der Waals surface area contributed by atoms with E-state index in [2.05, 4.69) is 46.6 Å². The standard InChI is InChI=1S/C25H26N2O3S/c28-20-10-11-21(29)24-23(20)26-25(31-24)22(30)15-27(14-16-6-2-1-3-7-16)19-12-17-8-4-5-9-18(17)13-19/h1-9,11,19,22,25-26,29-30H,10,12-15H2. The van der Waals surface area contributed by atoms with Crippen molar-refractivity contribution in [2.45, 2.75) is 43.3 Å². The summed E-state index contributed by atoms with van der Waals surface area (Å²) in [6, 6.07) is 19.2. The first-order chi connectivity index (χ1) is 15.1. The number of hydrogen-bond donors (Lipinski definition) is 3. The number of nitrogens with one attached hydrogen (secondary N) is 1. The molecule has 0 saturated heterocycles. The summed E-state index contributed by atoms with van der Waals surface area (Å²) in [5.41, 5.74) is 4.42. The van der Waals surface area contributed by atoms with Crippen LogP contribution >= 0.6 is 11.8 Å². The third kappa shape index (κ3) is 4.15. The molecule has 3 aliphatic rings. The van der Waals surface area contributed by atoms with Crippen LogP contribution in [0.25, 0.3) is 0 Å². The van der Waals surface area contributed by atoms with Crippen molar-refractivity contribution < 1.29 is 15.0 Å². The van der Waals surface area contributed by atoms with Crippen molar-refractivity contribution in [3.8, 4) is 0 Å². The molecule has 160 valence electrons. The second-order valence-corrected chi connectivity index (χ2v) is 9.57. The van der Waals surface area contributed by atoms with Gasteiger partial charge >= 0.3 is 0 Å². The molecule has 2 atom stereocenters. The molecule has 3 N–H and O–H groups in total. The minimum atomic E-state index is -0.691. The van der Waals surface area contributed by atoms with E-state index in [1.54, 1.807) is 6.08 Å². The summed E-state index contributed by atoms with van der Waals surface area (Å²) >= 11 is 1.35. The van der Waals surface area contributed by atoms with Gasteiger partial charge < -0.3 is 15.5 Å². The highest BCUT2D eigenvalue weighted by Gasteiger charge is 2.38. The minimum absolute atomic E-state index is 0.0395. The predicted molar refractivity (Wildman–Crippen MR) is 122 cm³/mol. The minimum Gasteiger partial charge on any atom is -0.507 e. The van der Waals surface area contributed by atoms with Crippen molar-refractivity contribution in [1.29, 1.82) is 0 Å². The van der Waals surface area contributed by atoms with Crippen LogP contribution in [0.1, 0.15) is 23.1 Å². The number of nitrogens with zero attached hydrogens (tertiary/aromatic N) is 1. The van der Waals surface area contributed by atoms with Gasteiger partial charge in [-0.25, -0.2) is 0 Å². The summed E-state index contributed by atoms with van der Waals surface area (Å²) in [4.78, 5) is 15.1. The van der Waals surface area contributed by atoms with Gasteiger partial charge in [0.1, 0.15) is 11.1 Å². The number of fused-ring (bicyclic) bond motifs is 1. The summed E-state index contributed by atoms with van der Waals surface area (Å²) in [7, 11) is 0. The predicted octanol–water partition coefficient (Wildman–Crippen LogP) is 3.31. The Kier molecular flexibility index (Phi) is 5.61. The molecule has 2 unspecified atom stereocenters. The zero-order valence-corrected chi connectivity index (χ0v) is 18.0. The fraction of sp³-hybridized carbons (Fsp3) is 0.320. The number of Topliss-reactive ketones (excluding diaryl/α,β-unsaturated/α-hetero) is 1. The molecule has 2 aromatic carbocycles. The smallest absolute Gasteiger partial charge is 0.183 e. The first-order valence-electron chi connectivity index (χ1n) is 10.7. The highest BCUT2D eigenvalue weighted by Crippen LogP contribution is 2.39. The van der Waals surface area contributed by atoms with E-state index < -0.39 is 6.10 Å². The van der Waals surface area contributed by atoms with Crippen LogP contribution in [0.4, 0.5) is 0 Å². The van der Waals surface area contributed by atoms with Gasteiger partial charge in [-0.2, -0.15) is 0 Å². The number of aliphatic hydroxyl groups excluding tert-OH is 2. The summed E-state index contributed by atoms with van der Waals surface area (Å²) in [5, 5.41) is 24.1. The maximum absolute atomic E-state index is 12.2. The van der Waals surface area contributed by atoms with Crippen molar-refractivity contribution in [2.75, 3.05) is 6.54 Å². The normalized spacial score (nSPS) is 21.7. The van der Waals surface area contributed by atoms with Gasteiger partial charge in [-0.1, -0.05) is 66.4 Å². The van der Waals surface area contributed by atoms with Gasteiger partial charge in [-0.05, 0) is 35.6 Å². The van der Waals surface area contributed by atoms with Crippen molar-refractivity contribution in [2.24, 2.45) is 0 Å². The first-order valence-corrected chi connectivity index (χ1v) is 11.6. The molecule has 2 aromatic rings. The lowest BCUT2D eigenvalue weighted by atomic mass is 10.1. The monoisotopic (exact) mass is 434 g/mol. The Morgan fingerprint density at radius 2 is 1.74 bits per heavy atom. The fourth-order valence-corrected chi connectivity index (χ4v) is 5.84. The average molecular weight is 435 g/mol. The summed E-state index contributed by atoms with van der Waals surface area (Å²) < 4.78 is 0. The fourth-order valence-electron chi connectivity index (χ4n) is 4.67. The molecule has 6 heteroatoms. The number of aliphatic hydroxyl groups is 2. The highest BCUT2D eigenvalue weighted by molar-refractivity contribution is 8.04. The van der Waals surface area contributed by atoms with Gasteiger partial charge in [0.25, 0.3) is 0 Å². The Morgan fingerprint density at radius 3 is 2.42 bits per heavy atom. The maximum atomic E-state index is 12.2. The lowest BCUT2D eigenvalue weighted by Gasteiger charge is -2.32. The zero-order chi connectivity index (χ0) is 21.4. The van der Waals surface area contributed by atoms with E-state index in [1.165, 1.54) is 28.5 Å². The Hall–Kier alpha value is -2.54. The Balaban J connectivity index is 1.32. The Labute approximate surface area is 186 Å². The van der Waals surface area contributed by atoms with Gasteiger partial charge in [0.2, 0.25) is 0 Å². The molecule has 0 radical (unpaired) electrons. The molecule has 0 amide bonds. The third-order valence-corrected chi connectivity index (χ3v) is 7.63. The second kappa shape index (κ2) is 8.54. The maximum Gasteiger partial charge on any atom is 0.183 e. The highest BCUT2D eigenvalue weighted by atomic mass is 32.2. The molecule has 0 fully saturated rings. The summed E-state index contributed by atoms with van der Waals surface area (Å²) in [6.45, 7) is 1.24. The van der Waals surface area contributed by atoms with Crippen LogP contribution in [0.2, 0.25) is 0 Å². The van der Waals surface area contributed by atoms with Crippen molar-refractivity contribution in [3.05, 3.63) is 93.7 Å². The van der Waals surface area contributed by atoms with Crippen LogP contribution in [-0.4, -0.2) is 45.0 Å². The molecular formula is C25H26N2O3S. The lowest BCUT2D eigenvalue weighted by Crippen LogP contribution is -2.46. The largest absolute Gasteiger partial charge is 0.507 e. The van der Waals surface area contributed by atoms with E-state index in [9.17, 15) is 15.0 Å². The molecule has 0 bridgehead atoms. The van der Waals surface area contributed by atoms with Crippen LogP contribution in [0.15, 0.2) is 77.0 Å². The van der Waals surface area contributed by atoms with Gasteiger partial charge in [0, 0.05) is 25.6 Å². The molecule has 1 heterocycles. The van der Waals surface area contributed by atoms with Gasteiger partial charge in [0.05, 0.1) is 16.7 Å².